The molecule has 0 bridgehead atoms. The average molecular weight is 901 g/mol. The van der Waals surface area contributed by atoms with Crippen molar-refractivity contribution in [2.75, 3.05) is 34.7 Å². The van der Waals surface area contributed by atoms with Crippen molar-refractivity contribution in [3.63, 3.8) is 0 Å². The molecule has 0 radical (unpaired) electrons. The average Bonchev–Trinajstić information content (AvgIpc) is 3.12. The summed E-state index contributed by atoms with van der Waals surface area (Å²) < 4.78 is 150. The Bertz CT molecular complexity index is 2810. The van der Waals surface area contributed by atoms with Crippen LogP contribution < -0.4 is 31.3 Å². The van der Waals surface area contributed by atoms with Gasteiger partial charge in [0.05, 0.1) is 45.1 Å². The molecule has 2 aromatic carbocycles. The normalized spacial score (nSPS) is 13.7. The van der Waals surface area contributed by atoms with Crippen LogP contribution in [-0.4, -0.2) is 73.7 Å². The molecule has 2 heterocycles. The van der Waals surface area contributed by atoms with Crippen molar-refractivity contribution in [2.45, 2.75) is 77.9 Å². The highest BCUT2D eigenvalue weighted by molar-refractivity contribution is 7.97. The third-order valence-electron chi connectivity index (χ3n) is 9.11. The summed E-state index contributed by atoms with van der Waals surface area (Å²) in [4.78, 5) is 84.4. The van der Waals surface area contributed by atoms with Gasteiger partial charge in [-0.3, -0.25) is 19.2 Å². The number of carbonyl (C=O) groups excluding carboxylic acids is 2. The number of benzene rings is 2. The molecule has 4 aromatic rings. The zero-order valence-electron chi connectivity index (χ0n) is 32.5. The number of sulfonamides is 2. The number of amides is 1. The number of alkyl halides is 6. The molecule has 0 saturated heterocycles. The number of Topliss-reactive ketones (excluding diaryl/α,β-unsaturated/α-hetero) is 1. The quantitative estimate of drug-likeness (QED) is 0.155. The van der Waals surface area contributed by atoms with Gasteiger partial charge in [-0.15, -0.1) is 9.09 Å². The third kappa shape index (κ3) is 9.19. The Balaban J connectivity index is 2.07. The van der Waals surface area contributed by atoms with E-state index in [0.29, 0.717) is 31.2 Å². The first kappa shape index (κ1) is 47.3. The Kier molecular flexibility index (Phi) is 13.7. The minimum atomic E-state index is -5.90. The molecule has 2 atom stereocenters. The van der Waals surface area contributed by atoms with Gasteiger partial charge in [0, 0.05) is 27.6 Å². The van der Waals surface area contributed by atoms with E-state index in [0.717, 1.165) is 14.2 Å². The topological polar surface area (TPSA) is 237 Å². The monoisotopic (exact) mass is 900 g/mol. The molecule has 0 saturated carbocycles. The number of H-pyrrole nitrogens is 2. The highest BCUT2D eigenvalue weighted by Crippen LogP contribution is 2.39. The zero-order valence-corrected chi connectivity index (χ0v) is 34.1. The summed E-state index contributed by atoms with van der Waals surface area (Å²) in [5.74, 6) is -6.59. The first-order valence-corrected chi connectivity index (χ1v) is 20.8. The van der Waals surface area contributed by atoms with Gasteiger partial charge in [-0.25, -0.2) is 26.4 Å². The molecule has 4 rings (SSSR count). The summed E-state index contributed by atoms with van der Waals surface area (Å²) in [7, 11) is -9.31. The lowest BCUT2D eigenvalue weighted by atomic mass is 9.97. The maximum absolute atomic E-state index is 14.2. The van der Waals surface area contributed by atoms with Crippen LogP contribution in [0.3, 0.4) is 0 Å². The van der Waals surface area contributed by atoms with Crippen LogP contribution in [0.2, 0.25) is 0 Å². The van der Waals surface area contributed by atoms with Crippen LogP contribution >= 0.6 is 0 Å². The van der Waals surface area contributed by atoms with Crippen molar-refractivity contribution in [3.05, 3.63) is 88.2 Å². The number of rotatable bonds is 16. The molecule has 1 amide bonds. The number of aromatic nitrogens is 4. The van der Waals surface area contributed by atoms with Crippen LogP contribution in [0.4, 0.5) is 26.3 Å². The van der Waals surface area contributed by atoms with Gasteiger partial charge in [0.25, 0.3) is 37.1 Å². The Morgan fingerprint density at radius 3 is 1.50 bits per heavy atom. The van der Waals surface area contributed by atoms with Crippen LogP contribution in [0, 0.1) is 0 Å². The van der Waals surface area contributed by atoms with E-state index in [2.05, 4.69) is 0 Å². The maximum Gasteiger partial charge on any atom is 0.416 e. The summed E-state index contributed by atoms with van der Waals surface area (Å²) in [5, 5.41) is -1.60. The molecule has 2 unspecified atom stereocenters. The van der Waals surface area contributed by atoms with Crippen LogP contribution in [-0.2, 0) is 51.5 Å². The number of hydrogen-bond acceptors (Lipinski definition) is 12. The Morgan fingerprint density at radius 1 is 0.717 bits per heavy atom. The van der Waals surface area contributed by atoms with Crippen molar-refractivity contribution in [1.82, 2.24) is 19.3 Å². The smallest absolute Gasteiger partial charge is 0.377 e. The molecule has 330 valence electrons. The molecule has 0 aliphatic heterocycles. The van der Waals surface area contributed by atoms with E-state index in [1.54, 1.807) is 0 Å². The molecule has 0 fully saturated rings. The number of nitrogens with one attached hydrogen (secondary N) is 2. The number of ketones is 1. The lowest BCUT2D eigenvalue weighted by Crippen LogP contribution is -2.61. The first-order chi connectivity index (χ1) is 27.7. The fourth-order valence-corrected chi connectivity index (χ4v) is 9.94. The van der Waals surface area contributed by atoms with Crippen molar-refractivity contribution in [1.29, 1.82) is 0 Å². The predicted molar refractivity (Wildman–Crippen MR) is 202 cm³/mol. The summed E-state index contributed by atoms with van der Waals surface area (Å²) in [6, 6.07) is 2.02. The van der Waals surface area contributed by atoms with Gasteiger partial charge in [0.2, 0.25) is 0 Å². The van der Waals surface area contributed by atoms with Gasteiger partial charge < -0.3 is 19.4 Å². The van der Waals surface area contributed by atoms with E-state index < -0.39 is 150 Å². The highest BCUT2D eigenvalue weighted by Gasteiger charge is 2.41. The van der Waals surface area contributed by atoms with E-state index in [1.807, 2.05) is 9.97 Å². The van der Waals surface area contributed by atoms with Crippen molar-refractivity contribution in [3.8, 4) is 0 Å². The van der Waals surface area contributed by atoms with Gasteiger partial charge in [0.1, 0.15) is 11.5 Å². The minimum Gasteiger partial charge on any atom is -0.377 e. The van der Waals surface area contributed by atoms with E-state index in [-0.39, 0.29) is 28.6 Å². The summed E-state index contributed by atoms with van der Waals surface area (Å²) in [6.07, 6.45) is -13.3. The lowest BCUT2D eigenvalue weighted by molar-refractivity contribution is -0.140. The number of ether oxygens (including phenoxy) is 2. The summed E-state index contributed by atoms with van der Waals surface area (Å²) in [6.45, 7) is 4.82. The SMILES string of the molecule is CCCC(=O)CS(=O)(=O)N(CS(=O)(=O)N(C(C)=O)n1c(=O)[nH]c2cc(C(F)(F)F)c(C(CC)OC)cc2c1=O)n1c(=O)[nH]c2cc(C(F)(F)F)c(C(CC)OC)cc2c1=O. The second-order valence-corrected chi connectivity index (χ2v) is 16.8. The van der Waals surface area contributed by atoms with E-state index in [4.69, 9.17) is 9.47 Å². The van der Waals surface area contributed by atoms with Gasteiger partial charge in [0.15, 0.2) is 5.88 Å². The van der Waals surface area contributed by atoms with Crippen LogP contribution in [0.15, 0.2) is 43.4 Å². The molecule has 2 aromatic heterocycles. The van der Waals surface area contributed by atoms with Gasteiger partial charge in [-0.2, -0.15) is 35.4 Å². The molecule has 0 aliphatic rings. The molecule has 0 spiro atoms. The third-order valence-corrected chi connectivity index (χ3v) is 12.4. The zero-order chi connectivity index (χ0) is 45.4. The van der Waals surface area contributed by atoms with Crippen LogP contribution in [0.1, 0.15) is 87.8 Å². The molecular formula is C34H38F6N6O12S2. The second kappa shape index (κ2) is 17.3. The second-order valence-electron chi connectivity index (χ2n) is 13.2. The Morgan fingerprint density at radius 2 is 1.13 bits per heavy atom. The number of halogens is 6. The van der Waals surface area contributed by atoms with Crippen molar-refractivity contribution < 1.29 is 62.2 Å². The van der Waals surface area contributed by atoms with E-state index >= 15 is 0 Å². The van der Waals surface area contributed by atoms with Gasteiger partial charge in [-0.1, -0.05) is 20.8 Å². The molecule has 2 N–H and O–H groups in total. The molecule has 18 nitrogen and oxygen atoms in total. The summed E-state index contributed by atoms with van der Waals surface area (Å²) >= 11 is 0. The van der Waals surface area contributed by atoms with E-state index in [1.165, 1.54) is 20.8 Å². The fourth-order valence-electron chi connectivity index (χ4n) is 6.51. The molecule has 0 aliphatic carbocycles. The molecule has 26 heteroatoms. The fraction of sp³-hybridized carbons (Fsp3) is 0.471. The van der Waals surface area contributed by atoms with Crippen molar-refractivity contribution >= 4 is 53.5 Å². The molecular weight excluding hydrogens is 863 g/mol. The minimum absolute atomic E-state index is 0.0624. The van der Waals surface area contributed by atoms with Crippen LogP contribution in [0.5, 0.6) is 0 Å². The van der Waals surface area contributed by atoms with Crippen LogP contribution in [0.25, 0.3) is 21.8 Å². The number of methoxy groups -OCH3 is 2. The van der Waals surface area contributed by atoms with Crippen molar-refractivity contribution in [2.24, 2.45) is 0 Å². The summed E-state index contributed by atoms with van der Waals surface area (Å²) in [5.41, 5.74) is -12.7. The maximum atomic E-state index is 14.2. The number of hydrogen-bond donors (Lipinski definition) is 2. The first-order valence-electron chi connectivity index (χ1n) is 17.6. The standard InChI is InChI=1S/C34H38F6N6O12S2/c1-7-10-18(48)15-59(53,54)43(44-29(49)21-11-19(27(8-2)57-5)23(33(35,36)37)13-25(21)41-31(44)51)16-60(55,56)46(17(4)47)45-30(50)22-12-20(28(9-3)58-6)24(34(38,39)40)14-26(22)42-32(45)52/h11-14,27-28H,7-10,15-16H2,1-6H3,(H,41,51)(H,42,52). The number of aromatic amines is 2. The van der Waals surface area contributed by atoms with Gasteiger partial charge >= 0.3 is 23.7 Å². The number of fused-ring (bicyclic) bond motifs is 2. The Labute approximate surface area is 335 Å². The van der Waals surface area contributed by atoms with E-state index in [9.17, 15) is 71.9 Å². The number of nitrogens with zero attached hydrogens (tertiary/aromatic N) is 4. The largest absolute Gasteiger partial charge is 0.416 e. The highest BCUT2D eigenvalue weighted by atomic mass is 32.2. The lowest BCUT2D eigenvalue weighted by Gasteiger charge is -2.28. The van der Waals surface area contributed by atoms with Gasteiger partial charge in [-0.05, 0) is 54.7 Å². The Hall–Kier alpha value is -5.34. The number of carbonyl (C=O) groups is 2. The predicted octanol–water partition coefficient (Wildman–Crippen LogP) is 3.03. The molecule has 60 heavy (non-hydrogen) atoms.